The zero-order chi connectivity index (χ0) is 8.39. The van der Waals surface area contributed by atoms with Crippen LogP contribution in [0.1, 0.15) is 5.82 Å². The smallest absolute Gasteiger partial charge is 0.181 e. The molecule has 5 nitrogen and oxygen atoms in total. The van der Waals surface area contributed by atoms with Gasteiger partial charge in [0.25, 0.3) is 0 Å². The number of hydrogen-bond donors (Lipinski definition) is 1. The fraction of sp³-hybridized carbons (Fsp3) is 0.143. The molecule has 0 radical (unpaired) electrons. The third-order valence-electron chi connectivity index (χ3n) is 1.42. The molecular weight excluding hydrogens is 156 g/mol. The van der Waals surface area contributed by atoms with E-state index in [1.165, 1.54) is 0 Å². The molecule has 0 saturated heterocycles. The Hall–Kier alpha value is -1.62. The van der Waals surface area contributed by atoms with E-state index in [9.17, 15) is 0 Å². The molecular formula is C7H6N4O. The summed E-state index contributed by atoms with van der Waals surface area (Å²) in [6, 6.07) is 0. The summed E-state index contributed by atoms with van der Waals surface area (Å²) in [4.78, 5) is 15.8. The predicted octanol–water partition coefficient (Wildman–Crippen LogP) is -0.0879. The number of aromatic nitrogens is 4. The van der Waals surface area contributed by atoms with E-state index >= 15 is 0 Å². The minimum absolute atomic E-state index is 0.174. The van der Waals surface area contributed by atoms with Crippen LogP contribution in [0.2, 0.25) is 0 Å². The van der Waals surface area contributed by atoms with Crippen LogP contribution in [0.15, 0.2) is 18.6 Å². The highest BCUT2D eigenvalue weighted by Crippen LogP contribution is 2.02. The lowest BCUT2D eigenvalue weighted by molar-refractivity contribution is 0.271. The van der Waals surface area contributed by atoms with Gasteiger partial charge in [0.15, 0.2) is 11.5 Å². The summed E-state index contributed by atoms with van der Waals surface area (Å²) >= 11 is 0. The summed E-state index contributed by atoms with van der Waals surface area (Å²) in [5.41, 5.74) is 1.14. The molecule has 0 aliphatic heterocycles. The number of rotatable bonds is 1. The zero-order valence-corrected chi connectivity index (χ0v) is 6.18. The van der Waals surface area contributed by atoms with Gasteiger partial charge in [-0.15, -0.1) is 0 Å². The lowest BCUT2D eigenvalue weighted by Crippen LogP contribution is -1.96. The van der Waals surface area contributed by atoms with Crippen molar-refractivity contribution in [3.63, 3.8) is 0 Å². The fourth-order valence-corrected chi connectivity index (χ4v) is 0.882. The van der Waals surface area contributed by atoms with Crippen molar-refractivity contribution in [3.05, 3.63) is 24.4 Å². The molecule has 0 amide bonds. The standard InChI is InChI=1S/C7H6N4O/c12-4-6-10-3-5-7(11-6)9-2-1-8-5/h1-3,12H,4H2. The third-order valence-corrected chi connectivity index (χ3v) is 1.42. The molecule has 0 atom stereocenters. The molecule has 2 rings (SSSR count). The summed E-state index contributed by atoms with van der Waals surface area (Å²) in [6.07, 6.45) is 4.67. The Morgan fingerprint density at radius 3 is 2.83 bits per heavy atom. The maximum absolute atomic E-state index is 8.72. The topological polar surface area (TPSA) is 71.8 Å². The van der Waals surface area contributed by atoms with Crippen molar-refractivity contribution in [2.24, 2.45) is 0 Å². The second kappa shape index (κ2) is 2.78. The van der Waals surface area contributed by atoms with Gasteiger partial charge in [0.05, 0.1) is 6.20 Å². The SMILES string of the molecule is OCc1ncc2nccnc2n1. The number of aliphatic hydroxyl groups excluding tert-OH is 1. The average Bonchev–Trinajstić information content (AvgIpc) is 2.17. The monoisotopic (exact) mass is 162 g/mol. The van der Waals surface area contributed by atoms with Crippen LogP contribution < -0.4 is 0 Å². The van der Waals surface area contributed by atoms with Gasteiger partial charge in [0.1, 0.15) is 12.1 Å². The molecule has 0 aromatic carbocycles. The van der Waals surface area contributed by atoms with Crippen LogP contribution in [0, 0.1) is 0 Å². The van der Waals surface area contributed by atoms with E-state index < -0.39 is 0 Å². The normalized spacial score (nSPS) is 10.4. The van der Waals surface area contributed by atoms with E-state index in [1.54, 1.807) is 18.6 Å². The first kappa shape index (κ1) is 7.05. The highest BCUT2D eigenvalue weighted by molar-refractivity contribution is 5.67. The largest absolute Gasteiger partial charge is 0.388 e. The van der Waals surface area contributed by atoms with E-state index in [0.29, 0.717) is 17.0 Å². The Labute approximate surface area is 68.2 Å². The van der Waals surface area contributed by atoms with Gasteiger partial charge in [-0.2, -0.15) is 0 Å². The first-order valence-electron chi connectivity index (χ1n) is 3.43. The number of hydrogen-bond acceptors (Lipinski definition) is 5. The molecule has 2 aromatic heterocycles. The molecule has 0 bridgehead atoms. The van der Waals surface area contributed by atoms with Crippen molar-refractivity contribution in [2.75, 3.05) is 0 Å². The van der Waals surface area contributed by atoms with Crippen molar-refractivity contribution in [3.8, 4) is 0 Å². The van der Waals surface area contributed by atoms with E-state index in [1.807, 2.05) is 0 Å². The van der Waals surface area contributed by atoms with E-state index in [-0.39, 0.29) is 6.61 Å². The zero-order valence-electron chi connectivity index (χ0n) is 6.18. The highest BCUT2D eigenvalue weighted by atomic mass is 16.3. The Morgan fingerprint density at radius 1 is 1.17 bits per heavy atom. The van der Waals surface area contributed by atoms with Gasteiger partial charge >= 0.3 is 0 Å². The first-order chi connectivity index (χ1) is 5.90. The highest BCUT2D eigenvalue weighted by Gasteiger charge is 1.98. The Bertz CT molecular complexity index is 403. The quantitative estimate of drug-likeness (QED) is 0.634. The van der Waals surface area contributed by atoms with E-state index in [0.717, 1.165) is 0 Å². The summed E-state index contributed by atoms with van der Waals surface area (Å²) in [5, 5.41) is 8.72. The lowest BCUT2D eigenvalue weighted by atomic mass is 10.5. The molecule has 60 valence electrons. The summed E-state index contributed by atoms with van der Waals surface area (Å²) < 4.78 is 0. The molecule has 0 fully saturated rings. The second-order valence-corrected chi connectivity index (χ2v) is 2.21. The molecule has 0 aliphatic carbocycles. The Morgan fingerprint density at radius 2 is 2.00 bits per heavy atom. The van der Waals surface area contributed by atoms with Gasteiger partial charge in [-0.05, 0) is 0 Å². The summed E-state index contributed by atoms with van der Waals surface area (Å²) in [7, 11) is 0. The van der Waals surface area contributed by atoms with Gasteiger partial charge in [-0.1, -0.05) is 0 Å². The van der Waals surface area contributed by atoms with Crippen LogP contribution in [0.25, 0.3) is 11.2 Å². The fourth-order valence-electron chi connectivity index (χ4n) is 0.882. The van der Waals surface area contributed by atoms with Gasteiger partial charge < -0.3 is 5.11 Å². The third kappa shape index (κ3) is 1.10. The molecule has 0 unspecified atom stereocenters. The molecule has 0 spiro atoms. The second-order valence-electron chi connectivity index (χ2n) is 2.21. The van der Waals surface area contributed by atoms with Crippen LogP contribution in [0.5, 0.6) is 0 Å². The molecule has 2 heterocycles. The minimum atomic E-state index is -0.174. The van der Waals surface area contributed by atoms with Crippen molar-refractivity contribution < 1.29 is 5.11 Å². The Kier molecular flexibility index (Phi) is 1.64. The summed E-state index contributed by atoms with van der Waals surface area (Å²) in [6.45, 7) is -0.174. The van der Waals surface area contributed by atoms with Crippen LogP contribution >= 0.6 is 0 Å². The minimum Gasteiger partial charge on any atom is -0.388 e. The maximum Gasteiger partial charge on any atom is 0.181 e. The van der Waals surface area contributed by atoms with E-state index in [4.69, 9.17) is 5.11 Å². The Balaban J connectivity index is 2.67. The predicted molar refractivity (Wildman–Crippen MR) is 41.1 cm³/mol. The van der Waals surface area contributed by atoms with Gasteiger partial charge in [-0.3, -0.25) is 0 Å². The lowest BCUT2D eigenvalue weighted by Gasteiger charge is -1.95. The van der Waals surface area contributed by atoms with Crippen molar-refractivity contribution in [2.45, 2.75) is 6.61 Å². The van der Waals surface area contributed by atoms with Crippen molar-refractivity contribution in [1.82, 2.24) is 19.9 Å². The van der Waals surface area contributed by atoms with E-state index in [2.05, 4.69) is 19.9 Å². The molecule has 12 heavy (non-hydrogen) atoms. The molecule has 1 N–H and O–H groups in total. The van der Waals surface area contributed by atoms with Gasteiger partial charge in [-0.25, -0.2) is 19.9 Å². The summed E-state index contributed by atoms with van der Waals surface area (Å²) in [5.74, 6) is 0.364. The maximum atomic E-state index is 8.72. The molecule has 2 aromatic rings. The van der Waals surface area contributed by atoms with Crippen molar-refractivity contribution in [1.29, 1.82) is 0 Å². The number of aliphatic hydroxyl groups is 1. The molecule has 0 saturated carbocycles. The van der Waals surface area contributed by atoms with Crippen LogP contribution in [0.3, 0.4) is 0 Å². The molecule has 0 aliphatic rings. The van der Waals surface area contributed by atoms with Crippen molar-refractivity contribution >= 4 is 11.2 Å². The van der Waals surface area contributed by atoms with Gasteiger partial charge in [0.2, 0.25) is 0 Å². The van der Waals surface area contributed by atoms with Crippen LogP contribution in [-0.4, -0.2) is 25.0 Å². The first-order valence-corrected chi connectivity index (χ1v) is 3.43. The number of fused-ring (bicyclic) bond motifs is 1. The average molecular weight is 162 g/mol. The number of nitrogens with zero attached hydrogens (tertiary/aromatic N) is 4. The van der Waals surface area contributed by atoms with Crippen LogP contribution in [-0.2, 0) is 6.61 Å². The van der Waals surface area contributed by atoms with Crippen LogP contribution in [0.4, 0.5) is 0 Å². The van der Waals surface area contributed by atoms with Gasteiger partial charge in [0, 0.05) is 12.4 Å². The molecule has 5 heteroatoms.